The molecule has 49 heavy (non-hydrogen) atoms. The first kappa shape index (κ1) is 30.6. The number of nitrogens with zero attached hydrogens (tertiary/aromatic N) is 2. The number of ketones is 2. The van der Waals surface area contributed by atoms with Crippen LogP contribution in [0, 0.1) is 29.6 Å². The molecule has 0 radical (unpaired) electrons. The van der Waals surface area contributed by atoms with E-state index in [2.05, 4.69) is 0 Å². The van der Waals surface area contributed by atoms with E-state index in [0.717, 1.165) is 11.0 Å². The van der Waals surface area contributed by atoms with Crippen LogP contribution in [0.25, 0.3) is 10.8 Å². The third-order valence-electron chi connectivity index (χ3n) is 11.0. The van der Waals surface area contributed by atoms with Crippen molar-refractivity contribution in [2.75, 3.05) is 9.80 Å². The summed E-state index contributed by atoms with van der Waals surface area (Å²) in [7, 11) is 0. The SMILES string of the molecule is CC(=O)c1ccc(N2C(=O)C3CC=C4C(CC5C(=O)N(c6ccc(C(C)=O)cc6)C(=O)C5C4c4ccc5ccccc5c4O)C3C2=O)cc1. The second-order valence-electron chi connectivity index (χ2n) is 13.5. The van der Waals surface area contributed by atoms with Crippen molar-refractivity contribution < 1.29 is 33.9 Å². The first-order valence-electron chi connectivity index (χ1n) is 16.4. The van der Waals surface area contributed by atoms with Gasteiger partial charge in [0.2, 0.25) is 23.6 Å². The molecule has 4 amide bonds. The highest BCUT2D eigenvalue weighted by atomic mass is 16.3. The largest absolute Gasteiger partial charge is 0.507 e. The summed E-state index contributed by atoms with van der Waals surface area (Å²) in [5, 5.41) is 13.2. The molecule has 6 unspecified atom stereocenters. The highest BCUT2D eigenvalue weighted by Crippen LogP contribution is 2.59. The van der Waals surface area contributed by atoms with E-state index >= 15 is 0 Å². The maximum atomic E-state index is 14.4. The predicted molar refractivity (Wildman–Crippen MR) is 181 cm³/mol. The number of hydrogen-bond acceptors (Lipinski definition) is 7. The number of carbonyl (C=O) groups excluding carboxylic acids is 6. The molecule has 1 saturated carbocycles. The number of carbonyl (C=O) groups is 6. The van der Waals surface area contributed by atoms with E-state index in [9.17, 15) is 33.9 Å². The Hall–Kier alpha value is -5.70. The molecule has 1 N–H and O–H groups in total. The normalized spacial score (nSPS) is 26.0. The van der Waals surface area contributed by atoms with Crippen LogP contribution in [0.2, 0.25) is 0 Å². The van der Waals surface area contributed by atoms with E-state index in [1.807, 2.05) is 30.3 Å². The average Bonchev–Trinajstić information content (AvgIpc) is 3.51. The van der Waals surface area contributed by atoms with Crippen LogP contribution in [-0.4, -0.2) is 40.3 Å². The summed E-state index contributed by atoms with van der Waals surface area (Å²) in [5.74, 6) is -6.15. The van der Waals surface area contributed by atoms with Crippen molar-refractivity contribution in [1.82, 2.24) is 0 Å². The molecule has 0 spiro atoms. The molecule has 4 aromatic carbocycles. The van der Waals surface area contributed by atoms with Gasteiger partial charge in [-0.2, -0.15) is 0 Å². The highest BCUT2D eigenvalue weighted by molar-refractivity contribution is 6.24. The molecule has 0 aromatic heterocycles. The second kappa shape index (κ2) is 11.2. The number of phenolic OH excluding ortho intramolecular Hbond substituents is 1. The van der Waals surface area contributed by atoms with Gasteiger partial charge in [0.1, 0.15) is 5.75 Å². The summed E-state index contributed by atoms with van der Waals surface area (Å²) >= 11 is 0. The number of hydrogen-bond donors (Lipinski definition) is 1. The fourth-order valence-electron chi connectivity index (χ4n) is 8.66. The van der Waals surface area contributed by atoms with Crippen LogP contribution in [0.1, 0.15) is 58.9 Å². The second-order valence-corrected chi connectivity index (χ2v) is 13.5. The Morgan fingerprint density at radius 2 is 1.18 bits per heavy atom. The minimum absolute atomic E-state index is 0.0102. The zero-order valence-corrected chi connectivity index (χ0v) is 26.8. The van der Waals surface area contributed by atoms with Crippen LogP contribution in [0.4, 0.5) is 11.4 Å². The Kier molecular flexibility index (Phi) is 6.99. The molecule has 4 aromatic rings. The van der Waals surface area contributed by atoms with E-state index in [0.29, 0.717) is 33.5 Å². The zero-order chi connectivity index (χ0) is 34.3. The summed E-state index contributed by atoms with van der Waals surface area (Å²) in [5.41, 5.74) is 2.90. The summed E-state index contributed by atoms with van der Waals surface area (Å²) in [6.45, 7) is 2.89. The molecule has 2 aliphatic carbocycles. The van der Waals surface area contributed by atoms with Gasteiger partial charge < -0.3 is 5.11 Å². The fourth-order valence-corrected chi connectivity index (χ4v) is 8.66. The van der Waals surface area contributed by atoms with Crippen molar-refractivity contribution in [1.29, 1.82) is 0 Å². The maximum absolute atomic E-state index is 14.4. The van der Waals surface area contributed by atoms with Gasteiger partial charge in [0.15, 0.2) is 11.6 Å². The zero-order valence-electron chi connectivity index (χ0n) is 26.8. The number of allylic oxidation sites excluding steroid dienone is 2. The van der Waals surface area contributed by atoms with Crippen molar-refractivity contribution in [2.45, 2.75) is 32.6 Å². The predicted octanol–water partition coefficient (Wildman–Crippen LogP) is 6.00. The number of phenols is 1. The first-order chi connectivity index (χ1) is 23.6. The lowest BCUT2D eigenvalue weighted by atomic mass is 9.57. The molecule has 244 valence electrons. The molecule has 2 saturated heterocycles. The number of benzene rings is 4. The van der Waals surface area contributed by atoms with Crippen LogP contribution in [0.5, 0.6) is 5.75 Å². The summed E-state index contributed by atoms with van der Waals surface area (Å²) in [4.78, 5) is 83.1. The molecular formula is C40H32N2O7. The van der Waals surface area contributed by atoms with Crippen molar-refractivity contribution in [3.05, 3.63) is 113 Å². The van der Waals surface area contributed by atoms with Crippen molar-refractivity contribution in [3.8, 4) is 5.75 Å². The summed E-state index contributed by atoms with van der Waals surface area (Å²) < 4.78 is 0. The Balaban J connectivity index is 1.24. The van der Waals surface area contributed by atoms with Crippen LogP contribution >= 0.6 is 0 Å². The first-order valence-corrected chi connectivity index (χ1v) is 16.4. The average molecular weight is 653 g/mol. The lowest BCUT2D eigenvalue weighted by Crippen LogP contribution is -2.43. The molecular weight excluding hydrogens is 620 g/mol. The molecule has 2 aliphatic heterocycles. The molecule has 8 rings (SSSR count). The van der Waals surface area contributed by atoms with Gasteiger partial charge in [-0.1, -0.05) is 48.0 Å². The minimum atomic E-state index is -0.853. The molecule has 2 heterocycles. The Morgan fingerprint density at radius 1 is 0.633 bits per heavy atom. The van der Waals surface area contributed by atoms with Gasteiger partial charge >= 0.3 is 0 Å². The summed E-state index contributed by atoms with van der Waals surface area (Å²) in [6, 6.07) is 23.8. The molecule has 0 bridgehead atoms. The van der Waals surface area contributed by atoms with Crippen LogP contribution in [0.15, 0.2) is 96.6 Å². The Labute approximate surface area is 281 Å². The smallest absolute Gasteiger partial charge is 0.238 e. The number of Topliss-reactive ketones (excluding diaryl/α,β-unsaturated/α-hetero) is 2. The van der Waals surface area contributed by atoms with E-state index in [4.69, 9.17) is 0 Å². The lowest BCUT2D eigenvalue weighted by Gasteiger charge is -2.44. The van der Waals surface area contributed by atoms with Gasteiger partial charge in [0.05, 0.1) is 35.0 Å². The molecule has 3 fully saturated rings. The van der Waals surface area contributed by atoms with Gasteiger partial charge in [-0.25, -0.2) is 0 Å². The van der Waals surface area contributed by atoms with Gasteiger partial charge in [0, 0.05) is 28.0 Å². The number of fused-ring (bicyclic) bond motifs is 5. The third-order valence-corrected chi connectivity index (χ3v) is 11.0. The van der Waals surface area contributed by atoms with Crippen molar-refractivity contribution in [3.63, 3.8) is 0 Å². The fraction of sp³-hybridized carbons (Fsp3) is 0.250. The monoisotopic (exact) mass is 652 g/mol. The number of aromatic hydroxyl groups is 1. The maximum Gasteiger partial charge on any atom is 0.238 e. The van der Waals surface area contributed by atoms with Gasteiger partial charge in [-0.05, 0) is 86.5 Å². The number of rotatable bonds is 5. The highest BCUT2D eigenvalue weighted by Gasteiger charge is 2.62. The van der Waals surface area contributed by atoms with E-state index in [1.165, 1.54) is 23.6 Å². The standard InChI is InChI=1S/C40H32N2O7/c1-20(43)22-7-12-25(13-8-22)41-37(46)30-18-17-28-31(34(30)39(41)48)19-32-35(33(28)29-16-11-24-5-3-4-6-27(24)36(29)45)40(49)42(38(32)47)26-14-9-23(10-15-26)21(2)44/h3-17,30-35,45H,18-19H2,1-2H3. The lowest BCUT2D eigenvalue weighted by molar-refractivity contribution is -0.126. The number of imide groups is 2. The van der Waals surface area contributed by atoms with Crippen LogP contribution in [-0.2, 0) is 19.2 Å². The number of amides is 4. The Bertz CT molecular complexity index is 2170. The molecule has 9 nitrogen and oxygen atoms in total. The quantitative estimate of drug-likeness (QED) is 0.159. The third kappa shape index (κ3) is 4.52. The molecule has 9 heteroatoms. The van der Waals surface area contributed by atoms with Crippen molar-refractivity contribution >= 4 is 57.3 Å². The van der Waals surface area contributed by atoms with Gasteiger partial charge in [0.25, 0.3) is 0 Å². The van der Waals surface area contributed by atoms with Crippen molar-refractivity contribution in [2.24, 2.45) is 29.6 Å². The molecule has 6 atom stereocenters. The Morgan fingerprint density at radius 3 is 1.78 bits per heavy atom. The minimum Gasteiger partial charge on any atom is -0.507 e. The number of anilines is 2. The van der Waals surface area contributed by atoms with E-state index in [-0.39, 0.29) is 42.0 Å². The van der Waals surface area contributed by atoms with Crippen LogP contribution in [0.3, 0.4) is 0 Å². The van der Waals surface area contributed by atoms with Gasteiger partial charge in [-0.3, -0.25) is 38.6 Å². The van der Waals surface area contributed by atoms with Crippen LogP contribution < -0.4 is 9.80 Å². The topological polar surface area (TPSA) is 129 Å². The summed E-state index contributed by atoms with van der Waals surface area (Å²) in [6.07, 6.45) is 2.39. The van der Waals surface area contributed by atoms with E-state index in [1.54, 1.807) is 60.7 Å². The van der Waals surface area contributed by atoms with E-state index < -0.39 is 47.3 Å². The molecule has 4 aliphatic rings. The van der Waals surface area contributed by atoms with Gasteiger partial charge in [-0.15, -0.1) is 0 Å².